The van der Waals surface area contributed by atoms with Crippen molar-refractivity contribution in [3.8, 4) is 11.5 Å². The van der Waals surface area contributed by atoms with Crippen LogP contribution in [0.3, 0.4) is 0 Å². The topological polar surface area (TPSA) is 84.9 Å². The zero-order valence-corrected chi connectivity index (χ0v) is 19.2. The number of amides is 3. The summed E-state index contributed by atoms with van der Waals surface area (Å²) < 4.78 is 11.3. The maximum absolute atomic E-state index is 12.8. The zero-order valence-electron chi connectivity index (χ0n) is 18.3. The van der Waals surface area contributed by atoms with Crippen LogP contribution in [0.4, 0.5) is 10.5 Å². The number of aryl methyl sites for hydroxylation is 1. The molecule has 0 saturated carbocycles. The van der Waals surface area contributed by atoms with Crippen molar-refractivity contribution in [3.05, 3.63) is 58.5 Å². The molecule has 32 heavy (non-hydrogen) atoms. The van der Waals surface area contributed by atoms with Crippen molar-refractivity contribution in [1.82, 2.24) is 4.90 Å². The summed E-state index contributed by atoms with van der Waals surface area (Å²) in [5.74, 6) is 0.273. The Hall–Kier alpha value is -3.26. The lowest BCUT2D eigenvalue weighted by atomic mass is 10.2. The first-order chi connectivity index (χ1) is 15.4. The number of thioether (sulfide) groups is 1. The summed E-state index contributed by atoms with van der Waals surface area (Å²) in [6.07, 6.45) is 2.49. The molecule has 0 aromatic heterocycles. The van der Waals surface area contributed by atoms with Crippen molar-refractivity contribution in [2.24, 2.45) is 0 Å². The van der Waals surface area contributed by atoms with E-state index in [9.17, 15) is 14.4 Å². The number of nitrogens with zero attached hydrogens (tertiary/aromatic N) is 1. The van der Waals surface area contributed by atoms with E-state index in [1.807, 2.05) is 32.9 Å². The fourth-order valence-corrected chi connectivity index (χ4v) is 3.82. The molecule has 0 bridgehead atoms. The van der Waals surface area contributed by atoms with E-state index in [2.05, 4.69) is 5.32 Å². The average molecular weight is 455 g/mol. The third-order valence-corrected chi connectivity index (χ3v) is 5.45. The number of anilines is 1. The van der Waals surface area contributed by atoms with Crippen molar-refractivity contribution >= 4 is 40.6 Å². The Morgan fingerprint density at radius 3 is 2.50 bits per heavy atom. The highest BCUT2D eigenvalue weighted by atomic mass is 32.2. The number of benzene rings is 2. The van der Waals surface area contributed by atoms with Crippen molar-refractivity contribution in [2.75, 3.05) is 25.1 Å². The number of ether oxygens (including phenoxy) is 2. The van der Waals surface area contributed by atoms with E-state index in [1.165, 1.54) is 0 Å². The lowest BCUT2D eigenvalue weighted by Crippen LogP contribution is -2.36. The normalized spacial score (nSPS) is 14.7. The molecule has 1 aliphatic heterocycles. The summed E-state index contributed by atoms with van der Waals surface area (Å²) in [7, 11) is 0. The Bertz CT molecular complexity index is 1030. The molecule has 1 heterocycles. The van der Waals surface area contributed by atoms with Gasteiger partial charge in [0.05, 0.1) is 18.1 Å². The van der Waals surface area contributed by atoms with Crippen molar-refractivity contribution in [3.63, 3.8) is 0 Å². The molecule has 0 unspecified atom stereocenters. The molecule has 1 N–H and O–H groups in total. The van der Waals surface area contributed by atoms with Gasteiger partial charge in [-0.3, -0.25) is 19.3 Å². The molecule has 0 radical (unpaired) electrons. The van der Waals surface area contributed by atoms with Gasteiger partial charge in [-0.15, -0.1) is 0 Å². The standard InChI is InChI=1S/C24H26N2O5S/c1-4-12-31-19-11-8-17(13-20(19)30-5-2)14-21-23(28)26(24(29)32-21)15-22(27)25-18-9-6-16(3)7-10-18/h6-11,13-14H,4-5,12,15H2,1-3H3,(H,25,27)/b21-14-. The fourth-order valence-electron chi connectivity index (χ4n) is 2.98. The van der Waals surface area contributed by atoms with E-state index in [0.29, 0.717) is 36.0 Å². The minimum absolute atomic E-state index is 0.253. The molecule has 0 aliphatic carbocycles. The minimum Gasteiger partial charge on any atom is -0.490 e. The van der Waals surface area contributed by atoms with E-state index >= 15 is 0 Å². The van der Waals surface area contributed by atoms with Crippen LogP contribution in [0.15, 0.2) is 47.4 Å². The molecule has 8 heteroatoms. The first-order valence-electron chi connectivity index (χ1n) is 10.4. The summed E-state index contributed by atoms with van der Waals surface area (Å²) in [5.41, 5.74) is 2.38. The Morgan fingerprint density at radius 1 is 1.06 bits per heavy atom. The molecule has 1 fully saturated rings. The maximum Gasteiger partial charge on any atom is 0.294 e. The largest absolute Gasteiger partial charge is 0.490 e. The highest BCUT2D eigenvalue weighted by Crippen LogP contribution is 2.34. The second kappa shape index (κ2) is 10.9. The summed E-state index contributed by atoms with van der Waals surface area (Å²) in [4.78, 5) is 38.6. The smallest absolute Gasteiger partial charge is 0.294 e. The van der Waals surface area contributed by atoms with Crippen LogP contribution in [0.1, 0.15) is 31.4 Å². The van der Waals surface area contributed by atoms with Crippen LogP contribution in [0, 0.1) is 6.92 Å². The molecule has 1 aliphatic rings. The second-order valence-electron chi connectivity index (χ2n) is 7.17. The van der Waals surface area contributed by atoms with Crippen LogP contribution < -0.4 is 14.8 Å². The monoisotopic (exact) mass is 454 g/mol. The van der Waals surface area contributed by atoms with Gasteiger partial charge in [0.2, 0.25) is 5.91 Å². The first kappa shape index (κ1) is 23.4. The minimum atomic E-state index is -0.497. The van der Waals surface area contributed by atoms with Crippen LogP contribution in [-0.2, 0) is 9.59 Å². The van der Waals surface area contributed by atoms with Gasteiger partial charge in [0.25, 0.3) is 11.1 Å². The van der Waals surface area contributed by atoms with Gasteiger partial charge in [-0.2, -0.15) is 0 Å². The van der Waals surface area contributed by atoms with Crippen LogP contribution in [0.2, 0.25) is 0 Å². The SMILES string of the molecule is CCCOc1ccc(/C=C2\SC(=O)N(CC(=O)Nc3ccc(C)cc3)C2=O)cc1OCC. The van der Waals surface area contributed by atoms with E-state index in [4.69, 9.17) is 9.47 Å². The lowest BCUT2D eigenvalue weighted by molar-refractivity contribution is -0.127. The van der Waals surface area contributed by atoms with Gasteiger partial charge in [-0.1, -0.05) is 30.7 Å². The summed E-state index contributed by atoms with van der Waals surface area (Å²) in [6, 6.07) is 12.6. The molecular formula is C24H26N2O5S. The van der Waals surface area contributed by atoms with E-state index in [1.54, 1.807) is 36.4 Å². The molecule has 3 amide bonds. The number of rotatable bonds is 9. The number of hydrogen-bond acceptors (Lipinski definition) is 6. The number of nitrogens with one attached hydrogen (secondary N) is 1. The molecule has 1 saturated heterocycles. The Balaban J connectivity index is 1.71. The Labute approximate surface area is 191 Å². The average Bonchev–Trinajstić information content (AvgIpc) is 3.02. The predicted molar refractivity (Wildman–Crippen MR) is 126 cm³/mol. The van der Waals surface area contributed by atoms with Gasteiger partial charge in [0.15, 0.2) is 11.5 Å². The molecule has 0 atom stereocenters. The third-order valence-electron chi connectivity index (χ3n) is 4.54. The quantitative estimate of drug-likeness (QED) is 0.545. The van der Waals surface area contributed by atoms with Crippen LogP contribution >= 0.6 is 11.8 Å². The molecule has 0 spiro atoms. The number of imide groups is 1. The predicted octanol–water partition coefficient (Wildman–Crippen LogP) is 4.86. The van der Waals surface area contributed by atoms with E-state index in [0.717, 1.165) is 28.6 Å². The van der Waals surface area contributed by atoms with E-state index in [-0.39, 0.29) is 11.4 Å². The molecule has 2 aromatic carbocycles. The van der Waals surface area contributed by atoms with Crippen LogP contribution in [-0.4, -0.2) is 41.7 Å². The fraction of sp³-hybridized carbons (Fsp3) is 0.292. The number of hydrogen-bond donors (Lipinski definition) is 1. The van der Waals surface area contributed by atoms with Gasteiger partial charge in [0, 0.05) is 5.69 Å². The third kappa shape index (κ3) is 5.91. The highest BCUT2D eigenvalue weighted by molar-refractivity contribution is 8.18. The summed E-state index contributed by atoms with van der Waals surface area (Å²) >= 11 is 0.811. The van der Waals surface area contributed by atoms with E-state index < -0.39 is 17.1 Å². The van der Waals surface area contributed by atoms with Crippen molar-refractivity contribution < 1.29 is 23.9 Å². The van der Waals surface area contributed by atoms with Gasteiger partial charge >= 0.3 is 0 Å². The molecular weight excluding hydrogens is 428 g/mol. The van der Waals surface area contributed by atoms with Crippen LogP contribution in [0.25, 0.3) is 6.08 Å². The molecule has 7 nitrogen and oxygen atoms in total. The number of carbonyl (C=O) groups is 3. The Morgan fingerprint density at radius 2 is 1.81 bits per heavy atom. The summed E-state index contributed by atoms with van der Waals surface area (Å²) in [5, 5.41) is 2.22. The Kier molecular flexibility index (Phi) is 7.94. The highest BCUT2D eigenvalue weighted by Gasteiger charge is 2.36. The van der Waals surface area contributed by atoms with Gasteiger partial charge < -0.3 is 14.8 Å². The number of carbonyl (C=O) groups excluding carboxylic acids is 3. The molecule has 2 aromatic rings. The first-order valence-corrected chi connectivity index (χ1v) is 11.2. The lowest BCUT2D eigenvalue weighted by Gasteiger charge is -2.13. The zero-order chi connectivity index (χ0) is 23.1. The molecule has 168 valence electrons. The molecule has 3 rings (SSSR count). The second-order valence-corrected chi connectivity index (χ2v) is 8.16. The maximum atomic E-state index is 12.8. The van der Waals surface area contributed by atoms with Gasteiger partial charge in [-0.25, -0.2) is 0 Å². The van der Waals surface area contributed by atoms with Crippen molar-refractivity contribution in [2.45, 2.75) is 27.2 Å². The van der Waals surface area contributed by atoms with Crippen LogP contribution in [0.5, 0.6) is 11.5 Å². The van der Waals surface area contributed by atoms with Crippen molar-refractivity contribution in [1.29, 1.82) is 0 Å². The summed E-state index contributed by atoms with van der Waals surface area (Å²) in [6.45, 7) is 6.54. The van der Waals surface area contributed by atoms with Gasteiger partial charge in [0.1, 0.15) is 6.54 Å². The van der Waals surface area contributed by atoms with Gasteiger partial charge in [-0.05, 0) is 67.9 Å².